The minimum Gasteiger partial charge on any atom is -0.369 e. The van der Waals surface area contributed by atoms with E-state index in [0.717, 1.165) is 31.7 Å². The summed E-state index contributed by atoms with van der Waals surface area (Å²) in [4.78, 5) is 2.14. The number of para-hydroxylation sites is 1. The lowest BCUT2D eigenvalue weighted by molar-refractivity contribution is 0.548. The second-order valence-electron chi connectivity index (χ2n) is 4.11. The Kier molecular flexibility index (Phi) is 3.21. The molecule has 1 aromatic rings. The number of nitrogens with one attached hydrogen (secondary N) is 1. The summed E-state index contributed by atoms with van der Waals surface area (Å²) in [6.07, 6.45) is 1.15. The van der Waals surface area contributed by atoms with Gasteiger partial charge in [0.2, 0.25) is 0 Å². The van der Waals surface area contributed by atoms with Crippen molar-refractivity contribution in [2.45, 2.75) is 6.42 Å². The summed E-state index contributed by atoms with van der Waals surface area (Å²) < 4.78 is 13.5. The average molecular weight is 208 g/mol. The molecule has 0 aromatic heterocycles. The van der Waals surface area contributed by atoms with Crippen molar-refractivity contribution in [2.75, 3.05) is 31.6 Å². The molecule has 2 rings (SSSR count). The number of hydrogen-bond acceptors (Lipinski definition) is 2. The van der Waals surface area contributed by atoms with Gasteiger partial charge in [0.1, 0.15) is 5.82 Å². The van der Waals surface area contributed by atoms with E-state index in [9.17, 15) is 4.39 Å². The molecule has 1 unspecified atom stereocenters. The first-order valence-corrected chi connectivity index (χ1v) is 5.45. The molecule has 0 radical (unpaired) electrons. The van der Waals surface area contributed by atoms with Gasteiger partial charge in [-0.05, 0) is 38.1 Å². The predicted molar refractivity (Wildman–Crippen MR) is 60.6 cm³/mol. The quantitative estimate of drug-likeness (QED) is 0.815. The van der Waals surface area contributed by atoms with E-state index in [0.29, 0.717) is 5.92 Å². The normalized spacial score (nSPS) is 20.9. The number of anilines is 1. The predicted octanol–water partition coefficient (Wildman–Crippen LogP) is 1.87. The highest BCUT2D eigenvalue weighted by atomic mass is 19.1. The first-order chi connectivity index (χ1) is 7.31. The molecule has 1 heterocycles. The zero-order valence-electron chi connectivity index (χ0n) is 9.04. The summed E-state index contributed by atoms with van der Waals surface area (Å²) in [6.45, 7) is 2.94. The van der Waals surface area contributed by atoms with E-state index in [1.54, 1.807) is 6.07 Å². The lowest BCUT2D eigenvalue weighted by atomic mass is 10.1. The first kappa shape index (κ1) is 10.4. The Labute approximate surface area is 90.1 Å². The fourth-order valence-electron chi connectivity index (χ4n) is 2.21. The van der Waals surface area contributed by atoms with E-state index < -0.39 is 0 Å². The van der Waals surface area contributed by atoms with E-state index in [1.807, 2.05) is 19.2 Å². The molecular weight excluding hydrogens is 191 g/mol. The summed E-state index contributed by atoms with van der Waals surface area (Å²) in [5.41, 5.74) is 0.746. The fourth-order valence-corrected chi connectivity index (χ4v) is 2.21. The highest BCUT2D eigenvalue weighted by Crippen LogP contribution is 2.25. The van der Waals surface area contributed by atoms with Gasteiger partial charge >= 0.3 is 0 Å². The van der Waals surface area contributed by atoms with Crippen LogP contribution in [-0.2, 0) is 0 Å². The van der Waals surface area contributed by atoms with E-state index in [2.05, 4.69) is 10.2 Å². The summed E-state index contributed by atoms with van der Waals surface area (Å²) in [5, 5.41) is 3.18. The molecule has 2 nitrogen and oxygen atoms in total. The maximum absolute atomic E-state index is 13.5. The molecule has 1 aromatic carbocycles. The fraction of sp³-hybridized carbons (Fsp3) is 0.500. The Morgan fingerprint density at radius 2 is 2.27 bits per heavy atom. The average Bonchev–Trinajstić information content (AvgIpc) is 2.68. The molecule has 1 atom stereocenters. The van der Waals surface area contributed by atoms with Crippen LogP contribution >= 0.6 is 0 Å². The van der Waals surface area contributed by atoms with Crippen molar-refractivity contribution in [1.82, 2.24) is 5.32 Å². The molecule has 1 aliphatic heterocycles. The van der Waals surface area contributed by atoms with Crippen molar-refractivity contribution < 1.29 is 4.39 Å². The molecule has 0 bridgehead atoms. The number of nitrogens with zero attached hydrogens (tertiary/aromatic N) is 1. The van der Waals surface area contributed by atoms with E-state index >= 15 is 0 Å². The number of rotatable bonds is 3. The molecule has 0 spiro atoms. The molecule has 1 saturated heterocycles. The van der Waals surface area contributed by atoms with Crippen molar-refractivity contribution in [3.63, 3.8) is 0 Å². The Morgan fingerprint density at radius 1 is 1.47 bits per heavy atom. The van der Waals surface area contributed by atoms with E-state index in [-0.39, 0.29) is 5.82 Å². The number of halogens is 1. The van der Waals surface area contributed by atoms with Crippen LogP contribution in [0.3, 0.4) is 0 Å². The van der Waals surface area contributed by atoms with E-state index in [4.69, 9.17) is 0 Å². The Bertz CT molecular complexity index is 327. The maximum Gasteiger partial charge on any atom is 0.146 e. The number of hydrogen-bond donors (Lipinski definition) is 1. The van der Waals surface area contributed by atoms with Crippen LogP contribution in [-0.4, -0.2) is 26.7 Å². The van der Waals surface area contributed by atoms with Crippen LogP contribution in [0.25, 0.3) is 0 Å². The van der Waals surface area contributed by atoms with Crippen LogP contribution in [0.1, 0.15) is 6.42 Å². The van der Waals surface area contributed by atoms with Crippen LogP contribution in [0.4, 0.5) is 10.1 Å². The molecule has 1 N–H and O–H groups in total. The smallest absolute Gasteiger partial charge is 0.146 e. The summed E-state index contributed by atoms with van der Waals surface area (Å²) in [7, 11) is 1.96. The minimum atomic E-state index is -0.109. The first-order valence-electron chi connectivity index (χ1n) is 5.45. The summed E-state index contributed by atoms with van der Waals surface area (Å²) in [6, 6.07) is 7.02. The lowest BCUT2D eigenvalue weighted by Crippen LogP contribution is -2.24. The zero-order chi connectivity index (χ0) is 10.7. The van der Waals surface area contributed by atoms with Crippen molar-refractivity contribution in [1.29, 1.82) is 0 Å². The Balaban J connectivity index is 2.04. The van der Waals surface area contributed by atoms with Gasteiger partial charge in [-0.3, -0.25) is 0 Å². The maximum atomic E-state index is 13.5. The van der Waals surface area contributed by atoms with Crippen molar-refractivity contribution in [3.8, 4) is 0 Å². The van der Waals surface area contributed by atoms with Gasteiger partial charge in [-0.25, -0.2) is 4.39 Å². The van der Waals surface area contributed by atoms with Crippen LogP contribution in [0.2, 0.25) is 0 Å². The molecule has 0 saturated carbocycles. The van der Waals surface area contributed by atoms with Crippen molar-refractivity contribution in [3.05, 3.63) is 30.1 Å². The third kappa shape index (κ3) is 2.29. The van der Waals surface area contributed by atoms with Gasteiger partial charge in [0.15, 0.2) is 0 Å². The molecular formula is C12H17FN2. The van der Waals surface area contributed by atoms with Crippen molar-refractivity contribution >= 4 is 5.69 Å². The molecule has 0 aliphatic carbocycles. The molecule has 0 amide bonds. The Morgan fingerprint density at radius 3 is 3.00 bits per heavy atom. The van der Waals surface area contributed by atoms with Gasteiger partial charge in [-0.1, -0.05) is 12.1 Å². The molecule has 1 aliphatic rings. The van der Waals surface area contributed by atoms with Crippen LogP contribution in [0, 0.1) is 11.7 Å². The number of benzene rings is 1. The second-order valence-corrected chi connectivity index (χ2v) is 4.11. The van der Waals surface area contributed by atoms with Gasteiger partial charge in [0, 0.05) is 13.1 Å². The Hall–Kier alpha value is -1.09. The van der Waals surface area contributed by atoms with Gasteiger partial charge in [-0.2, -0.15) is 0 Å². The highest BCUT2D eigenvalue weighted by Gasteiger charge is 2.23. The summed E-state index contributed by atoms with van der Waals surface area (Å²) in [5.74, 6) is 0.539. The second kappa shape index (κ2) is 4.62. The lowest BCUT2D eigenvalue weighted by Gasteiger charge is -2.19. The standard InChI is InChI=1S/C12H17FN2/c1-14-8-10-6-7-15(9-10)12-5-3-2-4-11(12)13/h2-5,10,14H,6-9H2,1H3. The largest absolute Gasteiger partial charge is 0.369 e. The van der Waals surface area contributed by atoms with Crippen LogP contribution in [0.5, 0.6) is 0 Å². The monoisotopic (exact) mass is 208 g/mol. The zero-order valence-corrected chi connectivity index (χ0v) is 9.04. The van der Waals surface area contributed by atoms with Crippen LogP contribution < -0.4 is 10.2 Å². The third-order valence-corrected chi connectivity index (χ3v) is 2.97. The minimum absolute atomic E-state index is 0.109. The SMILES string of the molecule is CNCC1CCN(c2ccccc2F)C1. The van der Waals surface area contributed by atoms with Gasteiger partial charge in [-0.15, -0.1) is 0 Å². The van der Waals surface area contributed by atoms with Gasteiger partial charge in [0.05, 0.1) is 5.69 Å². The third-order valence-electron chi connectivity index (χ3n) is 2.97. The summed E-state index contributed by atoms with van der Waals surface area (Å²) >= 11 is 0. The molecule has 1 fully saturated rings. The topological polar surface area (TPSA) is 15.3 Å². The van der Waals surface area contributed by atoms with Gasteiger partial charge < -0.3 is 10.2 Å². The molecule has 3 heteroatoms. The van der Waals surface area contributed by atoms with Crippen molar-refractivity contribution in [2.24, 2.45) is 5.92 Å². The van der Waals surface area contributed by atoms with Gasteiger partial charge in [0.25, 0.3) is 0 Å². The highest BCUT2D eigenvalue weighted by molar-refractivity contribution is 5.48. The van der Waals surface area contributed by atoms with Crippen LogP contribution in [0.15, 0.2) is 24.3 Å². The molecule has 82 valence electrons. The van der Waals surface area contributed by atoms with E-state index in [1.165, 1.54) is 6.07 Å². The molecule has 15 heavy (non-hydrogen) atoms.